The van der Waals surface area contributed by atoms with Gasteiger partial charge in [-0.1, -0.05) is 36.4 Å². The summed E-state index contributed by atoms with van der Waals surface area (Å²) in [6.45, 7) is 3.15. The van der Waals surface area contributed by atoms with Crippen molar-refractivity contribution in [2.75, 3.05) is 13.7 Å². The molecule has 2 aromatic rings. The Labute approximate surface area is 147 Å². The van der Waals surface area contributed by atoms with E-state index in [4.69, 9.17) is 21.7 Å². The summed E-state index contributed by atoms with van der Waals surface area (Å²) in [6.07, 6.45) is 1.65. The number of thiocarbonyl (C=S) groups is 1. The number of benzene rings is 2. The van der Waals surface area contributed by atoms with Gasteiger partial charge < -0.3 is 14.8 Å². The number of nitrogens with zero attached hydrogens (tertiary/aromatic N) is 1. The van der Waals surface area contributed by atoms with Crippen molar-refractivity contribution in [3.8, 4) is 11.5 Å². The molecule has 0 amide bonds. The first-order valence-corrected chi connectivity index (χ1v) is 8.06. The second kappa shape index (κ2) is 9.52. The van der Waals surface area contributed by atoms with E-state index in [1.807, 2.05) is 55.5 Å². The van der Waals surface area contributed by atoms with Gasteiger partial charge in [0.1, 0.15) is 0 Å². The fourth-order valence-electron chi connectivity index (χ4n) is 2.10. The first-order chi connectivity index (χ1) is 11.7. The van der Waals surface area contributed by atoms with Gasteiger partial charge in [0.05, 0.1) is 19.9 Å². The van der Waals surface area contributed by atoms with Crippen molar-refractivity contribution < 1.29 is 9.47 Å². The van der Waals surface area contributed by atoms with Crippen LogP contribution in [0.5, 0.6) is 11.5 Å². The molecule has 0 heterocycles. The van der Waals surface area contributed by atoms with E-state index in [2.05, 4.69) is 15.8 Å². The van der Waals surface area contributed by atoms with Crippen molar-refractivity contribution in [2.45, 2.75) is 13.5 Å². The van der Waals surface area contributed by atoms with Gasteiger partial charge in [0, 0.05) is 12.1 Å². The number of hydrogen-bond acceptors (Lipinski definition) is 4. The topological polar surface area (TPSA) is 54.9 Å². The molecular weight excluding hydrogens is 322 g/mol. The number of rotatable bonds is 7. The molecule has 0 unspecified atom stereocenters. The molecule has 0 saturated heterocycles. The molecule has 0 aliphatic carbocycles. The lowest BCUT2D eigenvalue weighted by atomic mass is 10.2. The molecule has 0 fully saturated rings. The van der Waals surface area contributed by atoms with Crippen LogP contribution < -0.4 is 20.2 Å². The third kappa shape index (κ3) is 5.24. The number of methoxy groups -OCH3 is 1. The summed E-state index contributed by atoms with van der Waals surface area (Å²) in [5.74, 6) is 1.33. The third-order valence-electron chi connectivity index (χ3n) is 3.18. The average Bonchev–Trinajstić information content (AvgIpc) is 2.61. The fourth-order valence-corrected chi connectivity index (χ4v) is 2.23. The molecule has 0 aromatic heterocycles. The highest BCUT2D eigenvalue weighted by Crippen LogP contribution is 2.29. The second-order valence-corrected chi connectivity index (χ2v) is 5.26. The zero-order valence-corrected chi connectivity index (χ0v) is 14.6. The SMILES string of the molecule is CCOc1cccc(/C=N\NC(=S)NCc2ccccc2)c1OC. The first-order valence-electron chi connectivity index (χ1n) is 7.65. The van der Waals surface area contributed by atoms with E-state index in [0.29, 0.717) is 29.8 Å². The van der Waals surface area contributed by atoms with E-state index in [-0.39, 0.29) is 0 Å². The summed E-state index contributed by atoms with van der Waals surface area (Å²) < 4.78 is 10.9. The standard InChI is InChI=1S/C18H21N3O2S/c1-3-23-16-11-7-10-15(17(16)22-2)13-20-21-18(24)19-12-14-8-5-4-6-9-14/h4-11,13H,3,12H2,1-2H3,(H2,19,21,24)/b20-13-. The molecule has 0 saturated carbocycles. The lowest BCUT2D eigenvalue weighted by molar-refractivity contribution is 0.310. The molecular formula is C18H21N3O2S. The van der Waals surface area contributed by atoms with Crippen LogP contribution in [0.2, 0.25) is 0 Å². The van der Waals surface area contributed by atoms with Gasteiger partial charge in [0.2, 0.25) is 0 Å². The van der Waals surface area contributed by atoms with Crippen molar-refractivity contribution in [2.24, 2.45) is 5.10 Å². The molecule has 2 aromatic carbocycles. The van der Waals surface area contributed by atoms with Crippen LogP contribution in [0.1, 0.15) is 18.1 Å². The van der Waals surface area contributed by atoms with Gasteiger partial charge in [-0.2, -0.15) is 5.10 Å². The zero-order chi connectivity index (χ0) is 17.2. The van der Waals surface area contributed by atoms with Gasteiger partial charge in [-0.05, 0) is 36.8 Å². The minimum absolute atomic E-state index is 0.454. The Morgan fingerprint density at radius 1 is 1.17 bits per heavy atom. The van der Waals surface area contributed by atoms with E-state index in [9.17, 15) is 0 Å². The largest absolute Gasteiger partial charge is 0.492 e. The van der Waals surface area contributed by atoms with Gasteiger partial charge in [-0.25, -0.2) is 0 Å². The Morgan fingerprint density at radius 2 is 1.96 bits per heavy atom. The van der Waals surface area contributed by atoms with Crippen LogP contribution in [0.15, 0.2) is 53.6 Å². The molecule has 5 nitrogen and oxygen atoms in total. The normalized spacial score (nSPS) is 10.4. The van der Waals surface area contributed by atoms with Crippen molar-refractivity contribution in [3.63, 3.8) is 0 Å². The van der Waals surface area contributed by atoms with Gasteiger partial charge in [0.25, 0.3) is 0 Å². The van der Waals surface area contributed by atoms with Crippen molar-refractivity contribution in [1.82, 2.24) is 10.7 Å². The smallest absolute Gasteiger partial charge is 0.187 e. The van der Waals surface area contributed by atoms with Crippen LogP contribution in [-0.4, -0.2) is 25.0 Å². The van der Waals surface area contributed by atoms with E-state index in [1.54, 1.807) is 13.3 Å². The second-order valence-electron chi connectivity index (χ2n) is 4.85. The van der Waals surface area contributed by atoms with E-state index < -0.39 is 0 Å². The highest BCUT2D eigenvalue weighted by atomic mass is 32.1. The quantitative estimate of drug-likeness (QED) is 0.460. The molecule has 0 aliphatic heterocycles. The number of para-hydroxylation sites is 1. The summed E-state index contributed by atoms with van der Waals surface area (Å²) >= 11 is 5.21. The summed E-state index contributed by atoms with van der Waals surface area (Å²) in [7, 11) is 1.61. The Hall–Kier alpha value is -2.60. The molecule has 126 valence electrons. The fraction of sp³-hybridized carbons (Fsp3) is 0.222. The maximum atomic E-state index is 5.54. The van der Waals surface area contributed by atoms with Crippen molar-refractivity contribution >= 4 is 23.5 Å². The van der Waals surface area contributed by atoms with Crippen LogP contribution in [0.4, 0.5) is 0 Å². The molecule has 2 rings (SSSR count). The van der Waals surface area contributed by atoms with Crippen LogP contribution in [0.3, 0.4) is 0 Å². The predicted molar refractivity (Wildman–Crippen MR) is 101 cm³/mol. The van der Waals surface area contributed by atoms with Gasteiger partial charge >= 0.3 is 0 Å². The van der Waals surface area contributed by atoms with Crippen molar-refractivity contribution in [3.05, 3.63) is 59.7 Å². The lowest BCUT2D eigenvalue weighted by Gasteiger charge is -2.11. The van der Waals surface area contributed by atoms with Crippen LogP contribution in [-0.2, 0) is 6.54 Å². The number of hydrazone groups is 1. The van der Waals surface area contributed by atoms with Gasteiger partial charge in [-0.3, -0.25) is 5.43 Å². The van der Waals surface area contributed by atoms with Crippen LogP contribution >= 0.6 is 12.2 Å². The molecule has 0 bridgehead atoms. The minimum Gasteiger partial charge on any atom is -0.492 e. The Morgan fingerprint density at radius 3 is 2.67 bits per heavy atom. The minimum atomic E-state index is 0.454. The molecule has 0 aliphatic rings. The Balaban J connectivity index is 1.91. The molecule has 2 N–H and O–H groups in total. The summed E-state index contributed by atoms with van der Waals surface area (Å²) in [4.78, 5) is 0. The lowest BCUT2D eigenvalue weighted by Crippen LogP contribution is -2.31. The summed E-state index contributed by atoms with van der Waals surface area (Å²) in [6, 6.07) is 15.7. The van der Waals surface area contributed by atoms with Crippen LogP contribution in [0.25, 0.3) is 0 Å². The Bertz CT molecular complexity index is 690. The molecule has 0 atom stereocenters. The van der Waals surface area contributed by atoms with E-state index in [0.717, 1.165) is 11.1 Å². The summed E-state index contributed by atoms with van der Waals surface area (Å²) in [5.41, 5.74) is 4.75. The molecule has 6 heteroatoms. The first kappa shape index (κ1) is 17.7. The number of ether oxygens (including phenoxy) is 2. The van der Waals surface area contributed by atoms with Gasteiger partial charge in [0.15, 0.2) is 16.6 Å². The molecule has 0 spiro atoms. The van der Waals surface area contributed by atoms with Crippen molar-refractivity contribution in [1.29, 1.82) is 0 Å². The third-order valence-corrected chi connectivity index (χ3v) is 3.41. The predicted octanol–water partition coefficient (Wildman–Crippen LogP) is 3.09. The zero-order valence-electron chi connectivity index (χ0n) is 13.8. The molecule has 0 radical (unpaired) electrons. The maximum absolute atomic E-state index is 5.54. The van der Waals surface area contributed by atoms with Gasteiger partial charge in [-0.15, -0.1) is 0 Å². The van der Waals surface area contributed by atoms with E-state index in [1.165, 1.54) is 0 Å². The van der Waals surface area contributed by atoms with E-state index >= 15 is 0 Å². The number of hydrogen-bond donors (Lipinski definition) is 2. The highest BCUT2D eigenvalue weighted by molar-refractivity contribution is 7.80. The molecule has 24 heavy (non-hydrogen) atoms. The maximum Gasteiger partial charge on any atom is 0.187 e. The Kier molecular flexibility index (Phi) is 7.04. The summed E-state index contributed by atoms with van der Waals surface area (Å²) in [5, 5.41) is 7.70. The monoisotopic (exact) mass is 343 g/mol. The van der Waals surface area contributed by atoms with Crippen LogP contribution in [0, 0.1) is 0 Å². The average molecular weight is 343 g/mol. The highest BCUT2D eigenvalue weighted by Gasteiger charge is 2.07. The number of nitrogens with one attached hydrogen (secondary N) is 2.